The number of unbranched alkanes of at least 4 members (excludes halogenated alkanes) is 38. The van der Waals surface area contributed by atoms with Crippen LogP contribution < -0.4 is 5.32 Å². The van der Waals surface area contributed by atoms with Crippen LogP contribution in [0.1, 0.15) is 284 Å². The summed E-state index contributed by atoms with van der Waals surface area (Å²) in [7, 11) is 0. The fraction of sp³-hybridized carbons (Fsp3) is 0.982. The lowest BCUT2D eigenvalue weighted by atomic mass is 9.98. The monoisotopic (exact) mass is 958 g/mol. The van der Waals surface area contributed by atoms with Crippen molar-refractivity contribution in [2.75, 3.05) is 13.2 Å². The summed E-state index contributed by atoms with van der Waals surface area (Å²) in [5, 5.41) is 76.1. The first kappa shape index (κ1) is 64.1. The lowest BCUT2D eigenvalue weighted by Crippen LogP contribution is -2.60. The molecule has 0 saturated carbocycles. The molecule has 400 valence electrons. The highest BCUT2D eigenvalue weighted by Crippen LogP contribution is 2.24. The highest BCUT2D eigenvalue weighted by atomic mass is 16.7. The molecule has 0 bridgehead atoms. The summed E-state index contributed by atoms with van der Waals surface area (Å²) in [6.45, 7) is 3.49. The van der Waals surface area contributed by atoms with Crippen molar-refractivity contribution >= 4 is 5.91 Å². The van der Waals surface area contributed by atoms with E-state index in [0.717, 1.165) is 38.5 Å². The Morgan fingerprint density at radius 2 is 0.776 bits per heavy atom. The van der Waals surface area contributed by atoms with Crippen LogP contribution in [0.25, 0.3) is 0 Å². The zero-order chi connectivity index (χ0) is 49.0. The molecule has 1 amide bonds. The molecule has 9 atom stereocenters. The number of carbonyl (C=O) groups is 1. The summed E-state index contributed by atoms with van der Waals surface area (Å²) in [6.07, 6.45) is 40.1. The third kappa shape index (κ3) is 35.0. The van der Waals surface area contributed by atoms with E-state index in [4.69, 9.17) is 9.47 Å². The molecule has 0 aliphatic carbocycles. The van der Waals surface area contributed by atoms with E-state index in [2.05, 4.69) is 19.2 Å². The van der Waals surface area contributed by atoms with Gasteiger partial charge in [0.25, 0.3) is 0 Å². The maximum absolute atomic E-state index is 13.2. The number of aliphatic hydroxyl groups is 7. The third-order valence-electron chi connectivity index (χ3n) is 14.4. The Kier molecular flexibility index (Phi) is 44.2. The third-order valence-corrected chi connectivity index (χ3v) is 14.4. The number of rotatable bonds is 50. The number of hydrogen-bond acceptors (Lipinski definition) is 10. The second-order valence-electron chi connectivity index (χ2n) is 20.7. The zero-order valence-electron chi connectivity index (χ0n) is 43.7. The molecule has 11 heteroatoms. The molecule has 1 fully saturated rings. The lowest BCUT2D eigenvalue weighted by molar-refractivity contribution is -0.303. The van der Waals surface area contributed by atoms with Gasteiger partial charge in [-0.05, 0) is 12.8 Å². The second-order valence-corrected chi connectivity index (χ2v) is 20.7. The molecule has 8 N–H and O–H groups in total. The van der Waals surface area contributed by atoms with Gasteiger partial charge < -0.3 is 50.5 Å². The van der Waals surface area contributed by atoms with Gasteiger partial charge in [-0.15, -0.1) is 0 Å². The van der Waals surface area contributed by atoms with Crippen molar-refractivity contribution in [3.63, 3.8) is 0 Å². The summed E-state index contributed by atoms with van der Waals surface area (Å²) < 4.78 is 11.1. The van der Waals surface area contributed by atoms with Gasteiger partial charge in [-0.25, -0.2) is 0 Å². The molecule has 67 heavy (non-hydrogen) atoms. The smallest absolute Gasteiger partial charge is 0.249 e. The van der Waals surface area contributed by atoms with E-state index in [1.165, 1.54) is 205 Å². The number of amides is 1. The van der Waals surface area contributed by atoms with Gasteiger partial charge in [0.05, 0.1) is 25.4 Å². The molecule has 0 aromatic carbocycles. The molecule has 1 aliphatic heterocycles. The van der Waals surface area contributed by atoms with E-state index < -0.39 is 74.2 Å². The van der Waals surface area contributed by atoms with Crippen molar-refractivity contribution in [1.82, 2.24) is 5.32 Å². The van der Waals surface area contributed by atoms with Crippen molar-refractivity contribution in [3.8, 4) is 0 Å². The van der Waals surface area contributed by atoms with Crippen molar-refractivity contribution in [1.29, 1.82) is 0 Å². The van der Waals surface area contributed by atoms with Crippen molar-refractivity contribution < 1.29 is 50.0 Å². The molecule has 1 rings (SSSR count). The molecule has 0 radical (unpaired) electrons. The predicted octanol–water partition coefficient (Wildman–Crippen LogP) is 11.8. The van der Waals surface area contributed by atoms with Gasteiger partial charge >= 0.3 is 0 Å². The maximum Gasteiger partial charge on any atom is 0.249 e. The van der Waals surface area contributed by atoms with E-state index in [9.17, 15) is 40.5 Å². The summed E-state index contributed by atoms with van der Waals surface area (Å²) in [5.74, 6) is -0.690. The van der Waals surface area contributed by atoms with E-state index >= 15 is 0 Å². The normalized spacial score (nSPS) is 20.5. The molecule has 1 aliphatic rings. The first-order valence-electron chi connectivity index (χ1n) is 28.9. The van der Waals surface area contributed by atoms with Crippen LogP contribution in [-0.2, 0) is 14.3 Å². The van der Waals surface area contributed by atoms with Gasteiger partial charge in [0.15, 0.2) is 6.29 Å². The van der Waals surface area contributed by atoms with Crippen LogP contribution in [0.15, 0.2) is 0 Å². The first-order valence-corrected chi connectivity index (χ1v) is 28.9. The minimum Gasteiger partial charge on any atom is -0.394 e. The van der Waals surface area contributed by atoms with Gasteiger partial charge in [-0.2, -0.15) is 0 Å². The molecule has 11 nitrogen and oxygen atoms in total. The summed E-state index contributed by atoms with van der Waals surface area (Å²) in [6, 6.07) is -1.16. The summed E-state index contributed by atoms with van der Waals surface area (Å²) in [5.41, 5.74) is 0. The number of hydrogen-bond donors (Lipinski definition) is 8. The Morgan fingerprint density at radius 1 is 0.463 bits per heavy atom. The van der Waals surface area contributed by atoms with Crippen LogP contribution in [0.2, 0.25) is 0 Å². The quantitative estimate of drug-likeness (QED) is 0.0273. The van der Waals surface area contributed by atoms with Crippen LogP contribution in [0.5, 0.6) is 0 Å². The Hall–Kier alpha value is -0.890. The maximum atomic E-state index is 13.2. The van der Waals surface area contributed by atoms with E-state index in [1.807, 2.05) is 0 Å². The average molecular weight is 959 g/mol. The van der Waals surface area contributed by atoms with E-state index in [1.54, 1.807) is 0 Å². The number of aliphatic hydroxyl groups excluding tert-OH is 7. The fourth-order valence-corrected chi connectivity index (χ4v) is 9.68. The SMILES string of the molecule is CCCCCCCCCCCCCCCCCCCCCCCCCCC(O)C(=O)NC(COC1OC(CO)C(O)C(O)C1O)C(O)C(O)CCCCCCCCCCCCCCCCCC. The summed E-state index contributed by atoms with van der Waals surface area (Å²) >= 11 is 0. The molecule has 0 aromatic rings. The van der Waals surface area contributed by atoms with E-state index in [-0.39, 0.29) is 6.42 Å². The standard InChI is InChI=1S/C56H111NO10/c1-3-5-7-9-11-13-15-17-19-21-22-23-24-25-26-27-28-30-32-34-36-38-40-42-44-49(60)55(65)57-47(46-66-56-54(64)53(63)52(62)50(45-58)67-56)51(61)48(59)43-41-39-37-35-33-31-29-20-18-16-14-12-10-8-6-4-2/h47-54,56,58-64H,3-46H2,1-2H3,(H,57,65). The Bertz CT molecular complexity index is 1050. The predicted molar refractivity (Wildman–Crippen MR) is 275 cm³/mol. The topological polar surface area (TPSA) is 189 Å². The van der Waals surface area contributed by atoms with E-state index in [0.29, 0.717) is 19.3 Å². The highest BCUT2D eigenvalue weighted by molar-refractivity contribution is 5.80. The lowest BCUT2D eigenvalue weighted by Gasteiger charge is -2.40. The van der Waals surface area contributed by atoms with Crippen molar-refractivity contribution in [2.24, 2.45) is 0 Å². The van der Waals surface area contributed by atoms with Crippen LogP contribution in [-0.4, -0.2) is 110 Å². The molecular formula is C56H111NO10. The van der Waals surface area contributed by atoms with Gasteiger partial charge in [0, 0.05) is 0 Å². The minimum absolute atomic E-state index is 0.267. The van der Waals surface area contributed by atoms with Gasteiger partial charge in [0.2, 0.25) is 5.91 Å². The highest BCUT2D eigenvalue weighted by Gasteiger charge is 2.44. The van der Waals surface area contributed by atoms with Gasteiger partial charge in [-0.1, -0.05) is 271 Å². The molecule has 0 spiro atoms. The van der Waals surface area contributed by atoms with Crippen LogP contribution in [0, 0.1) is 0 Å². The number of nitrogens with one attached hydrogen (secondary N) is 1. The fourth-order valence-electron chi connectivity index (χ4n) is 9.68. The summed E-state index contributed by atoms with van der Waals surface area (Å²) in [4.78, 5) is 13.2. The molecule has 0 aromatic heterocycles. The second kappa shape index (κ2) is 46.2. The average Bonchev–Trinajstić information content (AvgIpc) is 3.33. The van der Waals surface area contributed by atoms with Crippen LogP contribution >= 0.6 is 0 Å². The van der Waals surface area contributed by atoms with Gasteiger partial charge in [-0.3, -0.25) is 4.79 Å². The van der Waals surface area contributed by atoms with Gasteiger partial charge in [0.1, 0.15) is 36.6 Å². The van der Waals surface area contributed by atoms with Crippen molar-refractivity contribution in [2.45, 2.75) is 339 Å². The minimum atomic E-state index is -1.66. The Balaban J connectivity index is 2.28. The largest absolute Gasteiger partial charge is 0.394 e. The molecular weight excluding hydrogens is 847 g/mol. The Labute approximate surface area is 411 Å². The number of ether oxygens (including phenoxy) is 2. The molecule has 1 saturated heterocycles. The van der Waals surface area contributed by atoms with Crippen LogP contribution in [0.4, 0.5) is 0 Å². The Morgan fingerprint density at radius 3 is 1.10 bits per heavy atom. The molecule has 9 unspecified atom stereocenters. The van der Waals surface area contributed by atoms with Crippen molar-refractivity contribution in [3.05, 3.63) is 0 Å². The van der Waals surface area contributed by atoms with Crippen LogP contribution in [0.3, 0.4) is 0 Å². The number of carbonyl (C=O) groups excluding carboxylic acids is 1. The molecule has 1 heterocycles. The zero-order valence-corrected chi connectivity index (χ0v) is 43.7. The first-order chi connectivity index (χ1) is 32.7.